The smallest absolute Gasteiger partial charge is 0.466 e. The quantitative estimate of drug-likeness (QED) is 0.0870. The van der Waals surface area contributed by atoms with Gasteiger partial charge in [-0.05, 0) is 191 Å². The summed E-state index contributed by atoms with van der Waals surface area (Å²) >= 11 is 0. The minimum Gasteiger partial charge on any atom is -0.466 e. The van der Waals surface area contributed by atoms with Crippen LogP contribution < -0.4 is 61.9 Å². The van der Waals surface area contributed by atoms with Crippen LogP contribution in [0.15, 0.2) is 376 Å². The van der Waals surface area contributed by atoms with Crippen molar-refractivity contribution >= 4 is 137 Å². The number of benzene rings is 14. The van der Waals surface area contributed by atoms with E-state index < -0.39 is 0 Å². The fourth-order valence-corrected chi connectivity index (χ4v) is 16.6. The molecule has 0 radical (unpaired) electrons. The average molecular weight is 1600 g/mol. The number of ether oxygens (including phenoxy) is 2. The van der Waals surface area contributed by atoms with Gasteiger partial charge in [-0.15, -0.1) is 47.4 Å². The molecule has 0 amide bonds. The normalized spacial score (nSPS) is 12.5. The molecule has 0 N–H and O–H groups in total. The molecule has 4 aliphatic rings. The third kappa shape index (κ3) is 11.4. The summed E-state index contributed by atoms with van der Waals surface area (Å²) in [4.78, 5) is 29.0. The third-order valence-electron chi connectivity index (χ3n) is 21.1. The molecular weight excluding hydrogens is 1540 g/mol. The van der Waals surface area contributed by atoms with Gasteiger partial charge in [0, 0.05) is 104 Å². The van der Waals surface area contributed by atoms with Crippen molar-refractivity contribution in [2.45, 2.75) is 0 Å². The molecule has 8 heterocycles. The van der Waals surface area contributed by atoms with Gasteiger partial charge in [-0.25, -0.2) is 15.0 Å². The Morgan fingerprint density at radius 1 is 0.288 bits per heavy atom. The van der Waals surface area contributed by atoms with Crippen LogP contribution in [0.1, 0.15) is 0 Å². The summed E-state index contributed by atoms with van der Waals surface area (Å²) in [6.07, 6.45) is 3.50. The van der Waals surface area contributed by atoms with Gasteiger partial charge in [-0.2, -0.15) is 5.46 Å². The molecule has 0 fully saturated rings. The molecule has 4 aliphatic heterocycles. The van der Waals surface area contributed by atoms with E-state index in [1.807, 2.05) is 54.6 Å². The molecule has 524 valence electrons. The minimum absolute atomic E-state index is 0. The van der Waals surface area contributed by atoms with Crippen molar-refractivity contribution in [1.82, 2.24) is 29.1 Å². The maximum atomic E-state index is 6.43. The first-order valence-corrected chi connectivity index (χ1v) is 36.9. The Balaban J connectivity index is 0.000000144. The van der Waals surface area contributed by atoms with Gasteiger partial charge >= 0.3 is 21.1 Å². The van der Waals surface area contributed by atoms with Crippen LogP contribution in [-0.2, 0) is 21.1 Å². The second-order valence-corrected chi connectivity index (χ2v) is 27.5. The van der Waals surface area contributed by atoms with Crippen LogP contribution in [0.3, 0.4) is 0 Å². The zero-order valence-corrected chi connectivity index (χ0v) is 61.8. The van der Waals surface area contributed by atoms with Gasteiger partial charge in [0.25, 0.3) is 6.71 Å². The summed E-state index contributed by atoms with van der Waals surface area (Å²) in [5.74, 6) is 4.14. The van der Waals surface area contributed by atoms with Gasteiger partial charge in [-0.1, -0.05) is 169 Å². The first kappa shape index (κ1) is 66.4. The van der Waals surface area contributed by atoms with Gasteiger partial charge in [0.05, 0.1) is 27.9 Å². The summed E-state index contributed by atoms with van der Waals surface area (Å²) in [7, 11) is 0. The summed E-state index contributed by atoms with van der Waals surface area (Å²) in [5.41, 5.74) is 28.0. The molecule has 0 saturated carbocycles. The van der Waals surface area contributed by atoms with Gasteiger partial charge in [0.15, 0.2) is 0 Å². The number of pyridine rings is 2. The number of hydrogen-bond acceptors (Lipinski definition) is 10. The second kappa shape index (κ2) is 27.9. The predicted molar refractivity (Wildman–Crippen MR) is 447 cm³/mol. The summed E-state index contributed by atoms with van der Waals surface area (Å²) < 4.78 is 17.3. The van der Waals surface area contributed by atoms with E-state index in [1.54, 1.807) is 12.4 Å². The Morgan fingerprint density at radius 3 is 1.19 bits per heavy atom. The van der Waals surface area contributed by atoms with Gasteiger partial charge in [0.1, 0.15) is 11.6 Å². The van der Waals surface area contributed by atoms with E-state index in [0.717, 1.165) is 147 Å². The number of para-hydroxylation sites is 10. The number of fused-ring (bicyclic) bond motifs is 10. The molecule has 15 heteroatoms. The van der Waals surface area contributed by atoms with Crippen molar-refractivity contribution in [3.05, 3.63) is 389 Å². The predicted octanol–water partition coefficient (Wildman–Crippen LogP) is 19.5. The van der Waals surface area contributed by atoms with Crippen LogP contribution in [0, 0.1) is 12.1 Å². The van der Waals surface area contributed by atoms with E-state index in [2.05, 4.69) is 360 Å². The Labute approximate surface area is 657 Å². The fourth-order valence-electron chi connectivity index (χ4n) is 16.6. The summed E-state index contributed by atoms with van der Waals surface area (Å²) in [6, 6.07) is 134. The number of rotatable bonds is 12. The van der Waals surface area contributed by atoms with E-state index in [9.17, 15) is 0 Å². The molecule has 12 nitrogen and oxygen atoms in total. The van der Waals surface area contributed by atoms with Crippen LogP contribution >= 0.6 is 0 Å². The standard InChI is InChI=1S/C48H32BN5O.C48H30BN5O.Pt/c2*1-4-15-34(16-5-1)52-41-28-26-33(48-51-40-21-10-11-22-43(40)54(48)36-19-8-3-9-20-36)31-38(41)49-39-32-37(55-46-25-12-13-30-50-46)27-29-42(39)53(35-17-6-2-7-18-35)45-24-14-23-44(52)47(45)49;/h1-32H;1-30H;/q;-2;+2. The third-order valence-corrected chi connectivity index (χ3v) is 21.1. The average Bonchev–Trinajstić information content (AvgIpc) is 0.972. The molecule has 111 heavy (non-hydrogen) atoms. The molecular formula is C96H62B2N10O2Pt. The summed E-state index contributed by atoms with van der Waals surface area (Å²) in [5, 5.41) is 0. The van der Waals surface area contributed by atoms with Crippen molar-refractivity contribution in [1.29, 1.82) is 0 Å². The number of anilines is 12. The largest absolute Gasteiger partial charge is 2.00 e. The van der Waals surface area contributed by atoms with Crippen molar-refractivity contribution in [3.8, 4) is 57.4 Å². The molecule has 0 spiro atoms. The fraction of sp³-hybridized carbons (Fsp3) is 0. The van der Waals surface area contributed by atoms with E-state index in [-0.39, 0.29) is 34.5 Å². The first-order valence-electron chi connectivity index (χ1n) is 36.9. The van der Waals surface area contributed by atoms with Gasteiger partial charge in [-0.3, -0.25) is 9.55 Å². The monoisotopic (exact) mass is 1600 g/mol. The van der Waals surface area contributed by atoms with Crippen molar-refractivity contribution < 1.29 is 30.5 Å². The maximum Gasteiger partial charge on any atom is 2.00 e. The van der Waals surface area contributed by atoms with Gasteiger partial charge in [0.2, 0.25) is 18.5 Å². The van der Waals surface area contributed by atoms with Crippen LogP contribution in [0.5, 0.6) is 23.3 Å². The van der Waals surface area contributed by atoms with Crippen LogP contribution in [0.4, 0.5) is 68.2 Å². The molecule has 18 aromatic rings. The first-order chi connectivity index (χ1) is 54.6. The molecule has 0 bridgehead atoms. The van der Waals surface area contributed by atoms with Crippen molar-refractivity contribution in [2.24, 2.45) is 0 Å². The molecule has 4 aromatic heterocycles. The molecule has 0 aliphatic carbocycles. The zero-order chi connectivity index (χ0) is 72.6. The van der Waals surface area contributed by atoms with E-state index >= 15 is 0 Å². The molecule has 0 unspecified atom stereocenters. The second-order valence-electron chi connectivity index (χ2n) is 27.5. The van der Waals surface area contributed by atoms with E-state index in [1.165, 1.54) is 16.4 Å². The minimum atomic E-state index is -0.224. The van der Waals surface area contributed by atoms with Crippen molar-refractivity contribution in [3.63, 3.8) is 0 Å². The summed E-state index contributed by atoms with van der Waals surface area (Å²) in [6.45, 7) is -0.337. The van der Waals surface area contributed by atoms with Gasteiger partial charge < -0.3 is 33.6 Å². The number of hydrogen-bond donors (Lipinski definition) is 0. The number of imidazole rings is 2. The SMILES string of the molecule is [Pt+2].[c-]1c(Oc2ccccn2)ccc2c1B1c3[c-]c(-c4nc5ccccc5n4-c4ccccc4)ccc3N(c3ccccc3)c3cccc(c31)N2c1ccccc1.c1ccc(N2c3ccc(Oc4ccccn4)cc3B3c4cc(-c5nc6ccccc6n5-c5ccccc5)ccc4N(c4ccccc4)c4cccc2c43)cc1. The van der Waals surface area contributed by atoms with Crippen LogP contribution in [0.25, 0.3) is 56.2 Å². The topological polar surface area (TPSA) is 92.8 Å². The van der Waals surface area contributed by atoms with Crippen LogP contribution in [-0.4, -0.2) is 42.5 Å². The van der Waals surface area contributed by atoms with Crippen LogP contribution in [0.2, 0.25) is 0 Å². The number of nitrogens with zero attached hydrogens (tertiary/aromatic N) is 10. The molecule has 14 aromatic carbocycles. The Bertz CT molecular complexity index is 6100. The molecule has 0 atom stereocenters. The van der Waals surface area contributed by atoms with E-state index in [4.69, 9.17) is 19.4 Å². The Hall–Kier alpha value is -14.1. The molecule has 22 rings (SSSR count). The molecule has 0 saturated heterocycles. The Morgan fingerprint density at radius 2 is 0.685 bits per heavy atom. The number of aromatic nitrogens is 6. The van der Waals surface area contributed by atoms with E-state index in [0.29, 0.717) is 17.5 Å². The Kier molecular flexibility index (Phi) is 16.7. The zero-order valence-electron chi connectivity index (χ0n) is 59.6. The maximum absolute atomic E-state index is 6.43. The van der Waals surface area contributed by atoms with Crippen molar-refractivity contribution in [2.75, 3.05) is 19.6 Å².